The second kappa shape index (κ2) is 4.87. The molecule has 0 bridgehead atoms. The molecule has 0 spiro atoms. The highest BCUT2D eigenvalue weighted by atomic mass is 16.1. The van der Waals surface area contributed by atoms with Crippen LogP contribution in [0.2, 0.25) is 0 Å². The van der Waals surface area contributed by atoms with Crippen LogP contribution in [0.1, 0.15) is 37.1 Å². The molecule has 2 rings (SSSR count). The average molecular weight is 236 g/mol. The van der Waals surface area contributed by atoms with Gasteiger partial charge in [-0.3, -0.25) is 9.89 Å². The number of rotatable bonds is 2. The van der Waals surface area contributed by atoms with Crippen molar-refractivity contribution in [2.75, 3.05) is 5.32 Å². The lowest BCUT2D eigenvalue weighted by atomic mass is 9.84. The van der Waals surface area contributed by atoms with E-state index in [9.17, 15) is 4.79 Å². The molecule has 0 aromatic carbocycles. The number of amides is 1. The number of nitrogens with one attached hydrogen (secondary N) is 2. The number of carbonyl (C=O) groups is 1. The van der Waals surface area contributed by atoms with Crippen molar-refractivity contribution in [3.05, 3.63) is 11.4 Å². The van der Waals surface area contributed by atoms with Gasteiger partial charge in [-0.1, -0.05) is 12.8 Å². The van der Waals surface area contributed by atoms with E-state index in [2.05, 4.69) is 15.5 Å². The summed E-state index contributed by atoms with van der Waals surface area (Å²) in [7, 11) is 0. The maximum atomic E-state index is 12.1. The first kappa shape index (κ1) is 12.1. The third-order valence-electron chi connectivity index (χ3n) is 3.53. The van der Waals surface area contributed by atoms with E-state index >= 15 is 0 Å². The number of aromatic amines is 1. The Bertz CT molecular complexity index is 393. The summed E-state index contributed by atoms with van der Waals surface area (Å²) in [5.74, 6) is -0.0257. The van der Waals surface area contributed by atoms with E-state index in [4.69, 9.17) is 5.73 Å². The Morgan fingerprint density at radius 2 is 2.12 bits per heavy atom. The van der Waals surface area contributed by atoms with Crippen molar-refractivity contribution in [1.29, 1.82) is 0 Å². The van der Waals surface area contributed by atoms with E-state index in [0.29, 0.717) is 0 Å². The van der Waals surface area contributed by atoms with Gasteiger partial charge in [0.2, 0.25) is 5.91 Å². The van der Waals surface area contributed by atoms with Gasteiger partial charge in [-0.05, 0) is 26.7 Å². The van der Waals surface area contributed by atoms with E-state index in [1.54, 1.807) is 0 Å². The van der Waals surface area contributed by atoms with Gasteiger partial charge in [-0.2, -0.15) is 5.10 Å². The van der Waals surface area contributed by atoms with Gasteiger partial charge < -0.3 is 11.1 Å². The topological polar surface area (TPSA) is 83.8 Å². The maximum Gasteiger partial charge on any atom is 0.229 e. The Labute approximate surface area is 101 Å². The Morgan fingerprint density at radius 3 is 2.71 bits per heavy atom. The van der Waals surface area contributed by atoms with Gasteiger partial charge in [0.15, 0.2) is 0 Å². The summed E-state index contributed by atoms with van der Waals surface area (Å²) in [5.41, 5.74) is 8.51. The maximum absolute atomic E-state index is 12.1. The monoisotopic (exact) mass is 236 g/mol. The van der Waals surface area contributed by atoms with Gasteiger partial charge in [0.25, 0.3) is 0 Å². The molecule has 2 atom stereocenters. The molecule has 94 valence electrons. The molecule has 1 heterocycles. The van der Waals surface area contributed by atoms with Crippen LogP contribution >= 0.6 is 0 Å². The standard InChI is InChI=1S/C12H20N4O/c1-7-11(8(2)16-15-7)14-12(17)9-5-3-4-6-10(9)13/h9-10H,3-6,13H2,1-2H3,(H,14,17)(H,15,16). The average Bonchev–Trinajstić information content (AvgIpc) is 2.61. The molecule has 1 saturated carbocycles. The van der Waals surface area contributed by atoms with Crippen LogP contribution in [0.4, 0.5) is 5.69 Å². The molecule has 5 heteroatoms. The van der Waals surface area contributed by atoms with Crippen molar-refractivity contribution in [2.45, 2.75) is 45.6 Å². The summed E-state index contributed by atoms with van der Waals surface area (Å²) in [6.45, 7) is 3.77. The number of nitrogens with zero attached hydrogens (tertiary/aromatic N) is 1. The third-order valence-corrected chi connectivity index (χ3v) is 3.53. The number of aromatic nitrogens is 2. The second-order valence-electron chi connectivity index (χ2n) is 4.85. The van der Waals surface area contributed by atoms with Crippen LogP contribution in [0.3, 0.4) is 0 Å². The molecule has 0 aliphatic heterocycles. The molecule has 5 nitrogen and oxygen atoms in total. The van der Waals surface area contributed by atoms with Gasteiger partial charge in [0.1, 0.15) is 0 Å². The molecule has 0 saturated heterocycles. The number of anilines is 1. The Kier molecular flexibility index (Phi) is 3.47. The lowest BCUT2D eigenvalue weighted by molar-refractivity contribution is -0.121. The zero-order valence-corrected chi connectivity index (χ0v) is 10.4. The molecular formula is C12H20N4O. The van der Waals surface area contributed by atoms with E-state index in [1.807, 2.05) is 13.8 Å². The van der Waals surface area contributed by atoms with Crippen LogP contribution in [0.15, 0.2) is 0 Å². The molecule has 1 fully saturated rings. The highest BCUT2D eigenvalue weighted by Gasteiger charge is 2.28. The summed E-state index contributed by atoms with van der Waals surface area (Å²) >= 11 is 0. The number of nitrogens with two attached hydrogens (primary N) is 1. The fraction of sp³-hybridized carbons (Fsp3) is 0.667. The summed E-state index contributed by atoms with van der Waals surface area (Å²) in [4.78, 5) is 12.1. The molecule has 4 N–H and O–H groups in total. The summed E-state index contributed by atoms with van der Waals surface area (Å²) < 4.78 is 0. The van der Waals surface area contributed by atoms with Crippen LogP contribution in [-0.2, 0) is 4.79 Å². The molecule has 1 aliphatic carbocycles. The van der Waals surface area contributed by atoms with E-state index in [0.717, 1.165) is 42.8 Å². The van der Waals surface area contributed by atoms with Crippen molar-refractivity contribution in [3.8, 4) is 0 Å². The quantitative estimate of drug-likeness (QED) is 0.727. The highest BCUT2D eigenvalue weighted by molar-refractivity contribution is 5.94. The molecular weight excluding hydrogens is 216 g/mol. The SMILES string of the molecule is Cc1n[nH]c(C)c1NC(=O)C1CCCCC1N. The predicted octanol–water partition coefficient (Wildman–Crippen LogP) is 1.48. The number of hydrogen-bond donors (Lipinski definition) is 3. The van der Waals surface area contributed by atoms with Gasteiger partial charge in [-0.15, -0.1) is 0 Å². The molecule has 1 amide bonds. The van der Waals surface area contributed by atoms with Gasteiger partial charge in [-0.25, -0.2) is 0 Å². The Hall–Kier alpha value is -1.36. The van der Waals surface area contributed by atoms with Crippen LogP contribution in [0.25, 0.3) is 0 Å². The van der Waals surface area contributed by atoms with Crippen molar-refractivity contribution < 1.29 is 4.79 Å². The highest BCUT2D eigenvalue weighted by Crippen LogP contribution is 2.25. The van der Waals surface area contributed by atoms with E-state index in [1.165, 1.54) is 0 Å². The second-order valence-corrected chi connectivity index (χ2v) is 4.85. The molecule has 0 radical (unpaired) electrons. The smallest absolute Gasteiger partial charge is 0.229 e. The van der Waals surface area contributed by atoms with Gasteiger partial charge >= 0.3 is 0 Å². The molecule has 17 heavy (non-hydrogen) atoms. The number of carbonyl (C=O) groups excluding carboxylic acids is 1. The number of H-pyrrole nitrogens is 1. The molecule has 1 aromatic heterocycles. The zero-order valence-electron chi connectivity index (χ0n) is 10.4. The summed E-state index contributed by atoms with van der Waals surface area (Å²) in [6.07, 6.45) is 4.06. The first-order chi connectivity index (χ1) is 8.09. The van der Waals surface area contributed by atoms with Gasteiger partial charge in [0.05, 0.1) is 23.0 Å². The third kappa shape index (κ3) is 2.49. The predicted molar refractivity (Wildman–Crippen MR) is 66.6 cm³/mol. The fourth-order valence-electron chi connectivity index (χ4n) is 2.44. The normalized spacial score (nSPS) is 24.6. The summed E-state index contributed by atoms with van der Waals surface area (Å²) in [6, 6.07) is -0.00346. The van der Waals surface area contributed by atoms with Crippen LogP contribution in [0.5, 0.6) is 0 Å². The van der Waals surface area contributed by atoms with E-state index < -0.39 is 0 Å². The van der Waals surface area contributed by atoms with Crippen molar-refractivity contribution in [1.82, 2.24) is 10.2 Å². The zero-order chi connectivity index (χ0) is 12.4. The lowest BCUT2D eigenvalue weighted by Gasteiger charge is -2.27. The first-order valence-corrected chi connectivity index (χ1v) is 6.17. The van der Waals surface area contributed by atoms with Crippen LogP contribution in [-0.4, -0.2) is 22.1 Å². The largest absolute Gasteiger partial charge is 0.327 e. The Balaban J connectivity index is 2.06. The first-order valence-electron chi connectivity index (χ1n) is 6.17. The van der Waals surface area contributed by atoms with Crippen molar-refractivity contribution in [3.63, 3.8) is 0 Å². The van der Waals surface area contributed by atoms with E-state index in [-0.39, 0.29) is 17.9 Å². The minimum absolute atomic E-state index is 0.00346. The molecule has 1 aliphatic rings. The molecule has 1 aromatic rings. The molecule has 2 unspecified atom stereocenters. The van der Waals surface area contributed by atoms with Crippen molar-refractivity contribution in [2.24, 2.45) is 11.7 Å². The lowest BCUT2D eigenvalue weighted by Crippen LogP contribution is -2.40. The fourth-order valence-corrected chi connectivity index (χ4v) is 2.44. The minimum atomic E-state index is -0.0579. The summed E-state index contributed by atoms with van der Waals surface area (Å²) in [5, 5.41) is 9.87. The van der Waals surface area contributed by atoms with Crippen LogP contribution < -0.4 is 11.1 Å². The number of hydrogen-bond acceptors (Lipinski definition) is 3. The van der Waals surface area contributed by atoms with Gasteiger partial charge in [0, 0.05) is 6.04 Å². The minimum Gasteiger partial charge on any atom is -0.327 e. The van der Waals surface area contributed by atoms with Crippen molar-refractivity contribution >= 4 is 11.6 Å². The Morgan fingerprint density at radius 1 is 1.41 bits per heavy atom. The number of aryl methyl sites for hydroxylation is 2. The van der Waals surface area contributed by atoms with Crippen LogP contribution in [0, 0.1) is 19.8 Å².